The molecule has 0 aliphatic heterocycles. The number of amides is 2. The van der Waals surface area contributed by atoms with Crippen LogP contribution >= 0.6 is 34.8 Å². The Morgan fingerprint density at radius 2 is 1.37 bits per heavy atom. The van der Waals surface area contributed by atoms with Gasteiger partial charge in [-0.2, -0.15) is 0 Å². The minimum Gasteiger partial charge on any atom is -0.467 e. The summed E-state index contributed by atoms with van der Waals surface area (Å²) in [7, 11) is 1.25. The van der Waals surface area contributed by atoms with Crippen LogP contribution in [0, 0.1) is 6.92 Å². The molecule has 0 saturated heterocycles. The molecule has 3 aromatic rings. The second kappa shape index (κ2) is 12.6. The highest BCUT2D eigenvalue weighted by atomic mass is 35.5. The van der Waals surface area contributed by atoms with Crippen LogP contribution in [0.3, 0.4) is 0 Å². The number of esters is 1. The number of carbonyl (C=O) groups excluding carboxylic acids is 3. The Labute approximate surface area is 219 Å². The Morgan fingerprint density at radius 1 is 0.829 bits per heavy atom. The molecule has 3 rings (SSSR count). The summed E-state index contributed by atoms with van der Waals surface area (Å²) in [5.74, 6) is -1.51. The molecule has 0 aliphatic rings. The summed E-state index contributed by atoms with van der Waals surface area (Å²) in [5, 5.41) is 6.21. The molecule has 6 nitrogen and oxygen atoms in total. The van der Waals surface area contributed by atoms with E-state index in [9.17, 15) is 14.4 Å². The molecule has 0 heterocycles. The molecule has 2 amide bonds. The summed E-state index contributed by atoms with van der Waals surface area (Å²) in [6, 6.07) is 15.8. The first-order valence-electron chi connectivity index (χ1n) is 10.2. The zero-order valence-corrected chi connectivity index (χ0v) is 20.6. The number of hydrogen-bond acceptors (Lipinski definition) is 4. The number of nitrogens with one attached hydrogen (secondary N) is 2. The zero-order valence-electron chi connectivity index (χ0n) is 18.3. The molecule has 184 valence electrons. The first kappa shape index (κ1) is 28.2. The van der Waals surface area contributed by atoms with E-state index in [-0.39, 0.29) is 29.5 Å². The molecule has 0 saturated carbocycles. The molecule has 1 unspecified atom stereocenters. The van der Waals surface area contributed by atoms with Gasteiger partial charge < -0.3 is 15.4 Å². The minimum atomic E-state index is -0.935. The third-order valence-corrected chi connectivity index (χ3v) is 6.03. The van der Waals surface area contributed by atoms with Gasteiger partial charge in [0.1, 0.15) is 6.04 Å². The topological polar surface area (TPSA) is 84.5 Å². The van der Waals surface area contributed by atoms with E-state index in [1.54, 1.807) is 67.6 Å². The van der Waals surface area contributed by atoms with Crippen molar-refractivity contribution in [3.05, 3.63) is 98.0 Å². The zero-order chi connectivity index (χ0) is 24.8. The van der Waals surface area contributed by atoms with Gasteiger partial charge in [-0.15, -0.1) is 0 Å². The first-order valence-corrected chi connectivity index (χ1v) is 11.3. The second-order valence-corrected chi connectivity index (χ2v) is 8.65. The van der Waals surface area contributed by atoms with Crippen molar-refractivity contribution in [1.82, 2.24) is 5.32 Å². The van der Waals surface area contributed by atoms with Crippen molar-refractivity contribution in [3.8, 4) is 0 Å². The van der Waals surface area contributed by atoms with E-state index < -0.39 is 23.8 Å². The highest BCUT2D eigenvalue weighted by Gasteiger charge is 2.24. The quantitative estimate of drug-likeness (QED) is 0.345. The summed E-state index contributed by atoms with van der Waals surface area (Å²) in [5.41, 5.74) is 2.41. The number of benzene rings is 3. The molecular formula is C26H25Cl3N2O4. The van der Waals surface area contributed by atoms with Crippen molar-refractivity contribution in [2.75, 3.05) is 12.4 Å². The summed E-state index contributed by atoms with van der Waals surface area (Å²) in [6.45, 7) is 1.76. The lowest BCUT2D eigenvalue weighted by Crippen LogP contribution is -2.43. The number of hydrogen-bond donors (Lipinski definition) is 2. The molecule has 2 N–H and O–H groups in total. The smallest absolute Gasteiger partial charge is 0.328 e. The van der Waals surface area contributed by atoms with Crippen molar-refractivity contribution >= 4 is 58.3 Å². The van der Waals surface area contributed by atoms with E-state index in [4.69, 9.17) is 39.5 Å². The highest BCUT2D eigenvalue weighted by molar-refractivity contribution is 6.40. The Morgan fingerprint density at radius 3 is 1.91 bits per heavy atom. The Hall–Kier alpha value is -3.06. The molecule has 35 heavy (non-hydrogen) atoms. The molecule has 9 heteroatoms. The van der Waals surface area contributed by atoms with Crippen molar-refractivity contribution in [1.29, 1.82) is 0 Å². The lowest BCUT2D eigenvalue weighted by molar-refractivity contribution is -0.142. The van der Waals surface area contributed by atoms with Crippen LogP contribution in [0.4, 0.5) is 5.69 Å². The fraction of sp³-hybridized carbons (Fsp3) is 0.192. The lowest BCUT2D eigenvalue weighted by Gasteiger charge is -2.18. The minimum absolute atomic E-state index is 0. The normalized spacial score (nSPS) is 11.1. The van der Waals surface area contributed by atoms with Crippen LogP contribution in [0.1, 0.15) is 39.3 Å². The number of ether oxygens (including phenoxy) is 1. The fourth-order valence-corrected chi connectivity index (χ4v) is 4.23. The molecule has 1 atom stereocenters. The summed E-state index contributed by atoms with van der Waals surface area (Å²) in [6.07, 6.45) is 0.173. The molecule has 0 aliphatic carbocycles. The Bertz CT molecular complexity index is 1190. The van der Waals surface area contributed by atoms with Crippen molar-refractivity contribution in [2.45, 2.75) is 26.8 Å². The van der Waals surface area contributed by atoms with Gasteiger partial charge in [0.2, 0.25) is 0 Å². The van der Waals surface area contributed by atoms with Crippen molar-refractivity contribution in [3.63, 3.8) is 0 Å². The lowest BCUT2D eigenvalue weighted by atomic mass is 10.0. The average Bonchev–Trinajstić information content (AvgIpc) is 2.79. The molecular weight excluding hydrogens is 511 g/mol. The maximum atomic E-state index is 12.8. The Kier molecular flexibility index (Phi) is 10.1. The van der Waals surface area contributed by atoms with Crippen LogP contribution in [0.5, 0.6) is 0 Å². The van der Waals surface area contributed by atoms with E-state index in [2.05, 4.69) is 10.6 Å². The molecule has 0 fully saturated rings. The van der Waals surface area contributed by atoms with Gasteiger partial charge in [-0.05, 0) is 48.4 Å². The van der Waals surface area contributed by atoms with Crippen molar-refractivity contribution in [2.24, 2.45) is 0 Å². The summed E-state index contributed by atoms with van der Waals surface area (Å²) < 4.78 is 4.86. The standard InChI is InChI=1S/C25H21Cl3N2O4.CH4/c1-14-5-3-6-17(26)21(14)23(31)30-20(25(33)34-2)13-15-9-11-16(12-10-15)29-24(32)22-18(27)7-4-8-19(22)28;/h3-12,20H,13H2,1-2H3,(H,29,32)(H,30,31);1H4. The monoisotopic (exact) mass is 534 g/mol. The average molecular weight is 536 g/mol. The van der Waals surface area contributed by atoms with Crippen LogP contribution in [0.25, 0.3) is 0 Å². The van der Waals surface area contributed by atoms with Crippen LogP contribution in [0.15, 0.2) is 60.7 Å². The van der Waals surface area contributed by atoms with Gasteiger partial charge in [0, 0.05) is 12.1 Å². The highest BCUT2D eigenvalue weighted by Crippen LogP contribution is 2.25. The van der Waals surface area contributed by atoms with E-state index in [1.807, 2.05) is 0 Å². The van der Waals surface area contributed by atoms with Gasteiger partial charge in [-0.25, -0.2) is 4.79 Å². The molecule has 3 aromatic carbocycles. The predicted octanol–water partition coefficient (Wildman–Crippen LogP) is 6.36. The SMILES string of the molecule is C.COC(=O)C(Cc1ccc(NC(=O)c2c(Cl)cccc2Cl)cc1)NC(=O)c1c(C)cccc1Cl. The maximum Gasteiger partial charge on any atom is 0.328 e. The summed E-state index contributed by atoms with van der Waals surface area (Å²) >= 11 is 18.4. The fourth-order valence-electron chi connectivity index (χ4n) is 3.35. The number of aryl methyl sites for hydroxylation is 1. The second-order valence-electron chi connectivity index (χ2n) is 7.43. The third-order valence-electron chi connectivity index (χ3n) is 5.08. The molecule has 0 radical (unpaired) electrons. The number of rotatable bonds is 7. The molecule has 0 spiro atoms. The largest absolute Gasteiger partial charge is 0.467 e. The van der Waals surface area contributed by atoms with E-state index in [1.165, 1.54) is 7.11 Å². The summed E-state index contributed by atoms with van der Waals surface area (Å²) in [4.78, 5) is 37.7. The van der Waals surface area contributed by atoms with Crippen LogP contribution in [0.2, 0.25) is 15.1 Å². The van der Waals surface area contributed by atoms with Gasteiger partial charge in [0.25, 0.3) is 11.8 Å². The number of methoxy groups -OCH3 is 1. The Balaban J connectivity index is 0.00000432. The van der Waals surface area contributed by atoms with E-state index in [0.29, 0.717) is 21.8 Å². The van der Waals surface area contributed by atoms with Crippen LogP contribution in [-0.4, -0.2) is 30.9 Å². The molecule has 0 aromatic heterocycles. The van der Waals surface area contributed by atoms with E-state index >= 15 is 0 Å². The van der Waals surface area contributed by atoms with Crippen LogP contribution in [-0.2, 0) is 16.0 Å². The maximum absolute atomic E-state index is 12.8. The van der Waals surface area contributed by atoms with Gasteiger partial charge in [-0.3, -0.25) is 9.59 Å². The van der Waals surface area contributed by atoms with Gasteiger partial charge in [0.15, 0.2) is 0 Å². The molecule has 0 bridgehead atoms. The first-order chi connectivity index (χ1) is 16.2. The number of anilines is 1. The van der Waals surface area contributed by atoms with E-state index in [0.717, 1.165) is 5.56 Å². The number of halogens is 3. The predicted molar refractivity (Wildman–Crippen MR) is 141 cm³/mol. The van der Waals surface area contributed by atoms with Gasteiger partial charge in [-0.1, -0.05) is 72.6 Å². The van der Waals surface area contributed by atoms with Gasteiger partial charge in [0.05, 0.1) is 33.3 Å². The third kappa shape index (κ3) is 6.98. The van der Waals surface area contributed by atoms with Crippen LogP contribution < -0.4 is 10.6 Å². The van der Waals surface area contributed by atoms with Crippen molar-refractivity contribution < 1.29 is 19.1 Å². The van der Waals surface area contributed by atoms with Gasteiger partial charge >= 0.3 is 5.97 Å². The number of carbonyl (C=O) groups is 3.